The van der Waals surface area contributed by atoms with Crippen LogP contribution in [-0.4, -0.2) is 13.5 Å². The van der Waals surface area contributed by atoms with Gasteiger partial charge < -0.3 is 0 Å². The molecule has 0 aromatic heterocycles. The van der Waals surface area contributed by atoms with Gasteiger partial charge in [-0.3, -0.25) is 4.79 Å². The van der Waals surface area contributed by atoms with Gasteiger partial charge in [-0.15, -0.1) is 5.14 Å². The zero-order chi connectivity index (χ0) is 7.49. The molecule has 1 N–H and O–H groups in total. The summed E-state index contributed by atoms with van der Waals surface area (Å²) in [5.41, 5.74) is 0. The van der Waals surface area contributed by atoms with Crippen molar-refractivity contribution in [2.45, 2.75) is 19.8 Å². The van der Waals surface area contributed by atoms with E-state index in [0.29, 0.717) is 6.42 Å². The summed E-state index contributed by atoms with van der Waals surface area (Å²) >= 11 is 0. The van der Waals surface area contributed by atoms with Crippen LogP contribution in [0, 0.1) is 0 Å². The van der Waals surface area contributed by atoms with E-state index in [0.717, 1.165) is 0 Å². The van der Waals surface area contributed by atoms with Gasteiger partial charge in [-0.1, -0.05) is 6.92 Å². The molecular weight excluding hydrogens is 142 g/mol. The van der Waals surface area contributed by atoms with Crippen LogP contribution in [0.1, 0.15) is 19.8 Å². The van der Waals surface area contributed by atoms with Crippen LogP contribution in [0.3, 0.4) is 0 Å². The predicted octanol–water partition coefficient (Wildman–Crippen LogP) is -0.0742. The molecule has 0 saturated heterocycles. The Hall–Kier alpha value is -0.420. The minimum atomic E-state index is -4.15. The smallest absolute Gasteiger partial charge is 0.280 e. The third-order valence-electron chi connectivity index (χ3n) is 0.754. The molecule has 0 atom stereocenters. The maximum absolute atomic E-state index is 10.3. The van der Waals surface area contributed by atoms with E-state index in [1.807, 2.05) is 0 Å². The molecule has 0 saturated carbocycles. The first-order valence-electron chi connectivity index (χ1n) is 2.51. The molecule has 0 amide bonds. The molecule has 0 aliphatic carbocycles. The Labute approximate surface area is 54.1 Å². The second-order valence-electron chi connectivity index (χ2n) is 1.63. The van der Waals surface area contributed by atoms with Gasteiger partial charge >= 0.3 is 0 Å². The van der Waals surface area contributed by atoms with Gasteiger partial charge in [-0.25, -0.2) is 8.42 Å². The number of carbonyl (C=O) groups excluding carboxylic acids is 1. The Morgan fingerprint density at radius 2 is 2.00 bits per heavy atom. The number of sulfonamides is 1. The van der Waals surface area contributed by atoms with E-state index in [1.165, 1.54) is 0 Å². The molecule has 0 aromatic rings. The van der Waals surface area contributed by atoms with Gasteiger partial charge in [-0.2, -0.15) is 0 Å². The summed E-state index contributed by atoms with van der Waals surface area (Å²) in [6, 6.07) is 0. The van der Waals surface area contributed by atoms with E-state index in [2.05, 4.69) is 0 Å². The van der Waals surface area contributed by atoms with E-state index in [1.54, 1.807) is 6.92 Å². The van der Waals surface area contributed by atoms with Crippen LogP contribution in [0.4, 0.5) is 0 Å². The Morgan fingerprint density at radius 1 is 1.56 bits per heavy atom. The number of carbonyl (C=O) groups is 1. The number of hydrogen-bond donors (Lipinski definition) is 0. The van der Waals surface area contributed by atoms with Crippen molar-refractivity contribution in [3.05, 3.63) is 0 Å². The molecule has 0 aliphatic rings. The van der Waals surface area contributed by atoms with Gasteiger partial charge in [-0.05, 0) is 6.42 Å². The second-order valence-corrected chi connectivity index (χ2v) is 3.09. The molecule has 0 rings (SSSR count). The van der Waals surface area contributed by atoms with E-state index < -0.39 is 15.1 Å². The van der Waals surface area contributed by atoms with Gasteiger partial charge in [0.2, 0.25) is 0 Å². The Bertz CT molecular complexity index is 194. The topological polar surface area (TPSA) is 75.0 Å². The third kappa shape index (κ3) is 3.21. The molecule has 1 radical (unpaired) electrons. The van der Waals surface area contributed by atoms with Crippen LogP contribution in [0.2, 0.25) is 0 Å². The fourth-order valence-electron chi connectivity index (χ4n) is 0.338. The lowest BCUT2D eigenvalue weighted by atomic mass is 10.4. The van der Waals surface area contributed by atoms with Gasteiger partial charge in [0.15, 0.2) is 0 Å². The van der Waals surface area contributed by atoms with E-state index in [4.69, 9.17) is 5.14 Å². The summed E-state index contributed by atoms with van der Waals surface area (Å²) in [4.78, 5) is 10.3. The summed E-state index contributed by atoms with van der Waals surface area (Å²) in [5, 5.41) is 5.27. The van der Waals surface area contributed by atoms with E-state index in [-0.39, 0.29) is 6.42 Å². The molecule has 4 nitrogen and oxygen atoms in total. The van der Waals surface area contributed by atoms with E-state index in [9.17, 15) is 13.2 Å². The number of hydrogen-bond acceptors (Lipinski definition) is 3. The minimum Gasteiger partial charge on any atom is -0.280 e. The Balaban J connectivity index is 4.08. The van der Waals surface area contributed by atoms with Crippen LogP contribution in [0.5, 0.6) is 0 Å². The molecule has 5 heteroatoms. The first kappa shape index (κ1) is 8.58. The summed E-state index contributed by atoms with van der Waals surface area (Å²) in [6.45, 7) is 1.68. The van der Waals surface area contributed by atoms with Gasteiger partial charge in [0.05, 0.1) is 0 Å². The zero-order valence-corrected chi connectivity index (χ0v) is 5.86. The molecule has 0 fully saturated rings. The number of nitrogens with one attached hydrogen (secondary N) is 1. The fourth-order valence-corrected chi connectivity index (χ4v) is 0.811. The number of rotatable bonds is 2. The largest absolute Gasteiger partial charge is 0.288 e. The summed E-state index contributed by atoms with van der Waals surface area (Å²) < 4.78 is 20.1. The lowest BCUT2D eigenvalue weighted by Gasteiger charge is -1.89. The summed E-state index contributed by atoms with van der Waals surface area (Å²) in [6.07, 6.45) is 0.419. The maximum Gasteiger partial charge on any atom is 0.288 e. The lowest BCUT2D eigenvalue weighted by Crippen LogP contribution is -2.13. The quantitative estimate of drug-likeness (QED) is 0.552. The molecule has 9 heavy (non-hydrogen) atoms. The average Bonchev–Trinajstić information content (AvgIpc) is 1.64. The van der Waals surface area contributed by atoms with Crippen molar-refractivity contribution in [1.82, 2.24) is 5.14 Å². The van der Waals surface area contributed by atoms with Crippen LogP contribution < -0.4 is 5.14 Å². The molecule has 0 heterocycles. The van der Waals surface area contributed by atoms with Crippen LogP contribution in [-0.2, 0) is 14.8 Å². The second kappa shape index (κ2) is 2.93. The molecule has 0 spiro atoms. The van der Waals surface area contributed by atoms with Crippen LogP contribution in [0.25, 0.3) is 0 Å². The first-order chi connectivity index (χ1) is 3.98. The fraction of sp³-hybridized carbons (Fsp3) is 0.750. The van der Waals surface area contributed by atoms with Crippen molar-refractivity contribution in [3.63, 3.8) is 0 Å². The predicted molar refractivity (Wildman–Crippen MR) is 31.9 cm³/mol. The molecule has 0 unspecified atom stereocenters. The van der Waals surface area contributed by atoms with Crippen molar-refractivity contribution >= 4 is 15.1 Å². The Morgan fingerprint density at radius 3 is 2.11 bits per heavy atom. The Kier molecular flexibility index (Phi) is 2.80. The standard InChI is InChI=1S/C4H8NO3S/c1-2-3-4(6)9(5,7)8/h5H,2-3H2,1H3. The molecule has 53 valence electrons. The monoisotopic (exact) mass is 150 g/mol. The average molecular weight is 150 g/mol. The summed E-state index contributed by atoms with van der Waals surface area (Å²) in [5.74, 6) is 0. The lowest BCUT2D eigenvalue weighted by molar-refractivity contribution is -0.111. The van der Waals surface area contributed by atoms with Crippen molar-refractivity contribution in [1.29, 1.82) is 0 Å². The molecule has 0 bridgehead atoms. The van der Waals surface area contributed by atoms with E-state index >= 15 is 0 Å². The minimum absolute atomic E-state index is 0.0498. The van der Waals surface area contributed by atoms with Crippen molar-refractivity contribution in [2.24, 2.45) is 0 Å². The first-order valence-corrected chi connectivity index (χ1v) is 3.99. The maximum atomic E-state index is 10.3. The van der Waals surface area contributed by atoms with Crippen molar-refractivity contribution in [2.75, 3.05) is 0 Å². The third-order valence-corrected chi connectivity index (χ3v) is 1.56. The van der Waals surface area contributed by atoms with Crippen LogP contribution in [0.15, 0.2) is 0 Å². The van der Waals surface area contributed by atoms with Crippen molar-refractivity contribution in [3.8, 4) is 0 Å². The van der Waals surface area contributed by atoms with Gasteiger partial charge in [0.25, 0.3) is 15.1 Å². The SMILES string of the molecule is CCCC(=O)S([NH])(=O)=O. The molecule has 0 aromatic carbocycles. The zero-order valence-electron chi connectivity index (χ0n) is 5.05. The van der Waals surface area contributed by atoms with Crippen LogP contribution >= 0.6 is 0 Å². The highest BCUT2D eigenvalue weighted by Crippen LogP contribution is 1.93. The van der Waals surface area contributed by atoms with Crippen molar-refractivity contribution < 1.29 is 13.2 Å². The highest BCUT2D eigenvalue weighted by Gasteiger charge is 2.14. The highest BCUT2D eigenvalue weighted by atomic mass is 32.2. The van der Waals surface area contributed by atoms with Gasteiger partial charge in [0.1, 0.15) is 0 Å². The molecule has 0 aliphatic heterocycles. The normalized spacial score (nSPS) is 11.3. The van der Waals surface area contributed by atoms with Gasteiger partial charge in [0, 0.05) is 6.42 Å². The highest BCUT2D eigenvalue weighted by molar-refractivity contribution is 8.03. The molecular formula is C4H8NO3S. The summed E-state index contributed by atoms with van der Waals surface area (Å²) in [7, 11) is -4.15.